The van der Waals surface area contributed by atoms with Gasteiger partial charge in [0.2, 0.25) is 11.8 Å². The van der Waals surface area contributed by atoms with Crippen LogP contribution >= 0.6 is 23.5 Å². The van der Waals surface area contributed by atoms with Gasteiger partial charge in [-0.3, -0.25) is 19.2 Å². The minimum absolute atomic E-state index is 0.227. The minimum atomic E-state index is -5.36. The van der Waals surface area contributed by atoms with Crippen LogP contribution in [0.1, 0.15) is 104 Å². The first kappa shape index (κ1) is 63.2. The maximum absolute atomic E-state index is 14.2. The fourth-order valence-corrected chi connectivity index (χ4v) is 12.0. The van der Waals surface area contributed by atoms with Crippen molar-refractivity contribution in [2.75, 3.05) is 39.4 Å². The van der Waals surface area contributed by atoms with Gasteiger partial charge in [-0.15, -0.1) is 0 Å². The van der Waals surface area contributed by atoms with E-state index in [2.05, 4.69) is 0 Å². The van der Waals surface area contributed by atoms with E-state index in [9.17, 15) is 71.9 Å². The third-order valence-corrected chi connectivity index (χ3v) is 16.2. The number of likely N-dealkylation sites (tertiary alicyclic amines) is 1. The van der Waals surface area contributed by atoms with Crippen LogP contribution < -0.4 is 9.47 Å². The smallest absolute Gasteiger partial charge is 0.418 e. The molecule has 2 heterocycles. The Morgan fingerprint density at radius 1 is 0.488 bits per heavy atom. The monoisotopic (exact) mass is 1200 g/mol. The SMILES string of the molecule is O=C(O)C1CCC(Oc2cccc(Sc3ccc(/C=C/C(=O)N4CCCCC4)c(C(F)(F)F)c3C(F)(F)F)c2)CC1.O=C(O)C1CCC(Oc2cccc(Sc3ccc(/C=C/C(=O)N4CCOCC4)c(C(F)(F)F)c3C(F)(F)F)c2)CC1. The van der Waals surface area contributed by atoms with E-state index in [1.165, 1.54) is 46.2 Å². The van der Waals surface area contributed by atoms with E-state index in [4.69, 9.17) is 24.4 Å². The zero-order valence-electron chi connectivity index (χ0n) is 43.6. The van der Waals surface area contributed by atoms with Crippen LogP contribution in [0, 0.1) is 11.8 Å². The topological polar surface area (TPSA) is 143 Å². The average molecular weight is 1210 g/mol. The predicted molar refractivity (Wildman–Crippen MR) is 278 cm³/mol. The molecule has 2 aliphatic heterocycles. The molecule has 4 aliphatic rings. The molecule has 4 fully saturated rings. The van der Waals surface area contributed by atoms with Crippen molar-refractivity contribution in [3.63, 3.8) is 0 Å². The molecule has 2 amide bonds. The molecule has 0 spiro atoms. The molecule has 82 heavy (non-hydrogen) atoms. The van der Waals surface area contributed by atoms with Crippen molar-refractivity contribution < 1.29 is 96.3 Å². The van der Waals surface area contributed by atoms with Crippen molar-refractivity contribution in [1.29, 1.82) is 0 Å². The highest BCUT2D eigenvalue weighted by atomic mass is 32.2. The lowest BCUT2D eigenvalue weighted by Crippen LogP contribution is -2.39. The summed E-state index contributed by atoms with van der Waals surface area (Å²) in [5.41, 5.74) is -8.89. The molecule has 0 bridgehead atoms. The Hall–Kier alpha value is -6.34. The van der Waals surface area contributed by atoms with Crippen LogP contribution in [0.3, 0.4) is 0 Å². The number of rotatable bonds is 14. The van der Waals surface area contributed by atoms with Crippen molar-refractivity contribution in [1.82, 2.24) is 9.80 Å². The first-order valence-electron chi connectivity index (χ1n) is 26.1. The summed E-state index contributed by atoms with van der Waals surface area (Å²) in [4.78, 5) is 49.1. The second-order valence-electron chi connectivity index (χ2n) is 19.8. The van der Waals surface area contributed by atoms with Crippen LogP contribution in [-0.4, -0.2) is 95.4 Å². The molecular weight excluding hydrogens is 1150 g/mol. The van der Waals surface area contributed by atoms with Gasteiger partial charge in [0.25, 0.3) is 0 Å². The first-order valence-corrected chi connectivity index (χ1v) is 27.8. The molecule has 11 nitrogen and oxygen atoms in total. The van der Waals surface area contributed by atoms with Crippen molar-refractivity contribution in [3.05, 3.63) is 118 Å². The van der Waals surface area contributed by atoms with Crippen LogP contribution in [0.2, 0.25) is 0 Å². The lowest BCUT2D eigenvalue weighted by molar-refractivity contribution is -0.163. The van der Waals surface area contributed by atoms with E-state index >= 15 is 0 Å². The Balaban J connectivity index is 0.000000236. The number of morpholine rings is 1. The van der Waals surface area contributed by atoms with Gasteiger partial charge in [0.15, 0.2) is 0 Å². The highest BCUT2D eigenvalue weighted by molar-refractivity contribution is 7.99. The Kier molecular flexibility index (Phi) is 21.1. The number of aliphatic carboxylic acids is 2. The quantitative estimate of drug-likeness (QED) is 0.0920. The number of halogens is 12. The number of amides is 2. The van der Waals surface area contributed by atoms with Gasteiger partial charge in [-0.25, -0.2) is 0 Å². The third-order valence-electron chi connectivity index (χ3n) is 14.1. The standard InChI is InChI=1S/C29H29F6NO4S.C28H27F6NO5S/c30-28(31,32)25-18(10-14-24(37)36-15-2-1-3-16-36)9-13-23(26(25)29(33,34)35)41-22-6-4-5-21(17-22)40-20-11-7-19(8-12-20)27(38)39;29-27(30,31)24-17(7-11-23(36)35-12-14-39-15-13-35)6-10-22(25(24)28(32,33)34)41-21-3-1-2-20(16-21)40-19-8-4-18(5-9-19)26(37)38/h4-6,9-10,13-14,17,19-20H,1-3,7-8,11-12,15-16H2,(H,38,39);1-3,6-7,10-11,16,18-19H,4-5,8-9,12-15H2,(H,37,38)/b14-10+;11-7+. The van der Waals surface area contributed by atoms with E-state index in [1.54, 1.807) is 12.1 Å². The predicted octanol–water partition coefficient (Wildman–Crippen LogP) is 14.7. The summed E-state index contributed by atoms with van der Waals surface area (Å²) in [6.07, 6.45) is -12.4. The average Bonchev–Trinajstić information content (AvgIpc) is 3.47. The fraction of sp³-hybridized carbons (Fsp3) is 0.439. The van der Waals surface area contributed by atoms with E-state index in [-0.39, 0.29) is 48.3 Å². The largest absolute Gasteiger partial charge is 0.490 e. The number of carboxylic acid groups (broad SMARTS) is 2. The van der Waals surface area contributed by atoms with Gasteiger partial charge in [0, 0.05) is 57.9 Å². The molecule has 0 unspecified atom stereocenters. The summed E-state index contributed by atoms with van der Waals surface area (Å²) < 4.78 is 187. The third kappa shape index (κ3) is 17.4. The number of hydrogen-bond acceptors (Lipinski definition) is 9. The number of benzene rings is 4. The van der Waals surface area contributed by atoms with Gasteiger partial charge in [0.1, 0.15) is 11.5 Å². The first-order chi connectivity index (χ1) is 38.6. The molecule has 2 N–H and O–H groups in total. The molecule has 2 saturated heterocycles. The lowest BCUT2D eigenvalue weighted by atomic mass is 9.87. The molecule has 0 atom stereocenters. The normalized spacial score (nSPS) is 20.3. The van der Waals surface area contributed by atoms with Gasteiger partial charge >= 0.3 is 36.6 Å². The zero-order valence-corrected chi connectivity index (χ0v) is 45.2. The van der Waals surface area contributed by atoms with Crippen molar-refractivity contribution in [2.24, 2.45) is 11.8 Å². The van der Waals surface area contributed by atoms with Gasteiger partial charge < -0.3 is 34.2 Å². The van der Waals surface area contributed by atoms with Crippen molar-refractivity contribution in [3.8, 4) is 11.5 Å². The molecule has 444 valence electrons. The number of hydrogen-bond donors (Lipinski definition) is 2. The summed E-state index contributed by atoms with van der Waals surface area (Å²) in [6.45, 7) is 1.87. The van der Waals surface area contributed by atoms with E-state index in [0.29, 0.717) is 99.5 Å². The molecule has 0 radical (unpaired) electrons. The fourth-order valence-electron chi connectivity index (χ4n) is 9.97. The van der Waals surface area contributed by atoms with Gasteiger partial charge in [-0.1, -0.05) is 47.8 Å². The maximum atomic E-state index is 14.2. The maximum Gasteiger partial charge on any atom is 0.418 e. The Morgan fingerprint density at radius 3 is 1.21 bits per heavy atom. The number of carboxylic acids is 2. The molecule has 4 aromatic rings. The Bertz CT molecular complexity index is 2760. The van der Waals surface area contributed by atoms with Crippen LogP contribution in [0.5, 0.6) is 11.5 Å². The van der Waals surface area contributed by atoms with E-state index < -0.39 is 103 Å². The molecule has 25 heteroatoms. The molecule has 2 saturated carbocycles. The number of alkyl halides is 12. The number of nitrogens with zero attached hydrogens (tertiary/aromatic N) is 2. The van der Waals surface area contributed by atoms with Crippen LogP contribution in [0.25, 0.3) is 12.2 Å². The van der Waals surface area contributed by atoms with Gasteiger partial charge in [0.05, 0.1) is 59.5 Å². The summed E-state index contributed by atoms with van der Waals surface area (Å²) in [7, 11) is 0. The number of piperidine rings is 1. The van der Waals surface area contributed by atoms with E-state index in [1.807, 2.05) is 0 Å². The van der Waals surface area contributed by atoms with Crippen LogP contribution in [0.4, 0.5) is 52.7 Å². The van der Waals surface area contributed by atoms with Crippen LogP contribution in [0.15, 0.2) is 105 Å². The molecule has 8 rings (SSSR count). The molecule has 0 aromatic heterocycles. The van der Waals surface area contributed by atoms with Gasteiger partial charge in [-0.2, -0.15) is 52.7 Å². The van der Waals surface area contributed by atoms with Gasteiger partial charge in [-0.05, 0) is 142 Å². The zero-order chi connectivity index (χ0) is 59.6. The number of carbonyl (C=O) groups is 4. The molecular formula is C57H56F12N2O9S2. The Morgan fingerprint density at radius 2 is 0.854 bits per heavy atom. The van der Waals surface area contributed by atoms with Crippen LogP contribution in [-0.2, 0) is 48.6 Å². The highest BCUT2D eigenvalue weighted by Gasteiger charge is 2.48. The minimum Gasteiger partial charge on any atom is -0.490 e. The summed E-state index contributed by atoms with van der Waals surface area (Å²) >= 11 is 1.05. The summed E-state index contributed by atoms with van der Waals surface area (Å²) in [5.74, 6) is -3.15. The van der Waals surface area contributed by atoms with Crippen molar-refractivity contribution >= 4 is 59.4 Å². The molecule has 2 aliphatic carbocycles. The second-order valence-corrected chi connectivity index (χ2v) is 22.0. The summed E-state index contributed by atoms with van der Waals surface area (Å²) in [6, 6.07) is 15.9. The number of carbonyl (C=O) groups excluding carboxylic acids is 2. The molecule has 4 aromatic carbocycles. The second kappa shape index (κ2) is 27.4. The van der Waals surface area contributed by atoms with E-state index in [0.717, 1.165) is 67.8 Å². The Labute approximate surface area is 472 Å². The highest BCUT2D eigenvalue weighted by Crippen LogP contribution is 2.50. The van der Waals surface area contributed by atoms with Crippen molar-refractivity contribution in [2.45, 2.75) is 127 Å². The number of ether oxygens (including phenoxy) is 3. The lowest BCUT2D eigenvalue weighted by Gasteiger charge is -2.27. The summed E-state index contributed by atoms with van der Waals surface area (Å²) in [5, 5.41) is 18.3.